The Balaban J connectivity index is 0.000000169. The van der Waals surface area contributed by atoms with Crippen LogP contribution < -0.4 is 45.0 Å². The second-order valence-electron chi connectivity index (χ2n) is 23.1. The molecule has 580 valence electrons. The first kappa shape index (κ1) is 87.6. The number of halogens is 10. The number of hydrogen-bond acceptors (Lipinski definition) is 16. The number of anilines is 3. The van der Waals surface area contributed by atoms with Gasteiger partial charge in [-0.3, -0.25) is 39.6 Å². The SMILES string of the molecule is Brc1ccc2c(c1)N=Cc1ccccc1O2.Nc1cc(Br)ccc1Oc1ccccc1.O=C(N[C@H]1CCCN2c3cc(Br)ccc3Oc3ccccc3[C@H]12)C(F)(F)F.O=CNc1cc(Br)ccc1Oc1ccccc1.O=CO.O=[N+]([O-])c1cc(Br)ccc1Br.O=[N+]([O-])c1cc(Br)ccc1Oc1ccccc1.Oc1ccccc1. The molecule has 0 bridgehead atoms. The maximum atomic E-state index is 12.8. The molecule has 12 aromatic carbocycles. The highest BCUT2D eigenvalue weighted by Gasteiger charge is 2.44. The number of nitro groups is 2. The second-order valence-corrected chi connectivity index (χ2v) is 29.5. The van der Waals surface area contributed by atoms with Gasteiger partial charge in [0, 0.05) is 62.9 Å². The average molecular weight is 1990 g/mol. The molecule has 0 aromatic heterocycles. The number of piperidine rings is 1. The van der Waals surface area contributed by atoms with Gasteiger partial charge in [-0.1, -0.05) is 199 Å². The Bertz CT molecular complexity index is 5210. The molecular formula is C82H63Br7F3N7O14. The molecule has 0 radical (unpaired) electrons. The predicted molar refractivity (Wildman–Crippen MR) is 454 cm³/mol. The third-order valence-electron chi connectivity index (χ3n) is 15.3. The van der Waals surface area contributed by atoms with E-state index in [9.17, 15) is 43.0 Å². The monoisotopic (exact) mass is 1980 g/mol. The van der Waals surface area contributed by atoms with E-state index in [-0.39, 0.29) is 23.6 Å². The Labute approximate surface area is 704 Å². The summed E-state index contributed by atoms with van der Waals surface area (Å²) in [5, 5.41) is 41.5. The molecule has 3 heterocycles. The molecule has 15 rings (SSSR count). The van der Waals surface area contributed by atoms with Crippen LogP contribution in [-0.4, -0.2) is 63.8 Å². The van der Waals surface area contributed by atoms with E-state index in [0.717, 1.165) is 63.4 Å². The Kier molecular flexibility index (Phi) is 34.4. The van der Waals surface area contributed by atoms with Crippen LogP contribution in [0.5, 0.6) is 63.2 Å². The van der Waals surface area contributed by atoms with E-state index >= 15 is 0 Å². The quantitative estimate of drug-likeness (QED) is 0.0348. The smallest absolute Gasteiger partial charge is 0.471 e. The van der Waals surface area contributed by atoms with E-state index in [0.29, 0.717) is 85.1 Å². The van der Waals surface area contributed by atoms with Gasteiger partial charge >= 0.3 is 17.8 Å². The number of amides is 2. The number of phenols is 1. The number of alkyl halides is 3. The Morgan fingerprint density at radius 3 is 1.54 bits per heavy atom. The number of nitrogens with zero attached hydrogens (tertiary/aromatic N) is 4. The summed E-state index contributed by atoms with van der Waals surface area (Å²) in [5.74, 6) is 4.83. The predicted octanol–water partition coefficient (Wildman–Crippen LogP) is 25.2. The highest BCUT2D eigenvalue weighted by atomic mass is 79.9. The van der Waals surface area contributed by atoms with Crippen molar-refractivity contribution in [3.8, 4) is 63.2 Å². The lowest BCUT2D eigenvalue weighted by Gasteiger charge is -2.42. The second kappa shape index (κ2) is 44.3. The molecule has 12 aromatic rings. The number of carboxylic acid groups (broad SMARTS) is 1. The van der Waals surface area contributed by atoms with Crippen LogP contribution >= 0.6 is 112 Å². The van der Waals surface area contributed by atoms with Crippen molar-refractivity contribution in [2.45, 2.75) is 31.1 Å². The van der Waals surface area contributed by atoms with Crippen molar-refractivity contribution >= 4 is 171 Å². The van der Waals surface area contributed by atoms with Crippen molar-refractivity contribution in [2.75, 3.05) is 22.5 Å². The molecule has 0 spiro atoms. The number of carbonyl (C=O) groups is 3. The largest absolute Gasteiger partial charge is 0.508 e. The van der Waals surface area contributed by atoms with E-state index in [1.165, 1.54) is 12.1 Å². The van der Waals surface area contributed by atoms with Gasteiger partial charge in [0.1, 0.15) is 45.9 Å². The Morgan fingerprint density at radius 1 is 0.540 bits per heavy atom. The number of para-hydroxylation sites is 6. The number of aliphatic imine (C=N–C) groups is 1. The molecule has 113 heavy (non-hydrogen) atoms. The first-order chi connectivity index (χ1) is 54.3. The van der Waals surface area contributed by atoms with Gasteiger partial charge in [-0.05, 0) is 193 Å². The van der Waals surface area contributed by atoms with E-state index in [4.69, 9.17) is 44.4 Å². The summed E-state index contributed by atoms with van der Waals surface area (Å²) in [4.78, 5) is 57.2. The summed E-state index contributed by atoms with van der Waals surface area (Å²) in [6, 6.07) is 82.5. The minimum Gasteiger partial charge on any atom is -0.508 e. The van der Waals surface area contributed by atoms with Gasteiger partial charge in [-0.15, -0.1) is 0 Å². The normalized spacial score (nSPS) is 12.7. The zero-order valence-corrected chi connectivity index (χ0v) is 69.6. The molecule has 0 saturated carbocycles. The lowest BCUT2D eigenvalue weighted by molar-refractivity contribution is -0.385. The van der Waals surface area contributed by atoms with E-state index in [2.05, 4.69) is 127 Å². The standard InChI is InChI=1S/C19H16BrF3N2O2.C13H10BrNO2.C13H8BrNO.C12H8BrNO3.C12H10BrNO.C6H3Br2NO2.C6H6O.CH2O2/c20-11-7-8-16-14(10-11)25-9-3-5-13(24-18(26)19(21,22)23)17(25)12-4-1-2-6-15(12)27-16;14-10-6-7-13(12(8-10)15-9-16)17-11-4-2-1-3-5-11;14-10-5-6-13-11(7-10)15-8-9-3-1-2-4-12(9)16-13;13-9-6-7-12(11(8-9)14(15)16)17-10-4-2-1-3-5-10;13-9-6-7-12(11(14)8-9)15-10-4-2-1-3-5-10;7-4-1-2-5(8)6(3-4)9(10)11;7-6-4-2-1-3-5-6;2-1-3/h1-2,4,6-8,10,13,17H,3,5,9H2,(H,24,26);1-9H,(H,15,16);1-8H;1-8H;1-8H,14H2;1-3H;1-5,7H;1H,(H,2,3)/t13-,17+;;;;;;;/m0......./s1. The van der Waals surface area contributed by atoms with Gasteiger partial charge in [-0.25, -0.2) is 0 Å². The van der Waals surface area contributed by atoms with Crippen molar-refractivity contribution in [1.29, 1.82) is 0 Å². The summed E-state index contributed by atoms with van der Waals surface area (Å²) >= 11 is 23.0. The number of aromatic hydroxyl groups is 1. The molecule has 31 heteroatoms. The molecule has 21 nitrogen and oxygen atoms in total. The van der Waals surface area contributed by atoms with Crippen LogP contribution in [0.15, 0.2) is 315 Å². The Hall–Kier alpha value is -10.9. The van der Waals surface area contributed by atoms with Crippen molar-refractivity contribution < 1.29 is 71.3 Å². The van der Waals surface area contributed by atoms with Crippen LogP contribution in [0.1, 0.15) is 30.0 Å². The molecule has 0 aliphatic carbocycles. The molecular weight excluding hydrogens is 1920 g/mol. The van der Waals surface area contributed by atoms with Gasteiger partial charge in [0.2, 0.25) is 12.2 Å². The van der Waals surface area contributed by atoms with Crippen LogP contribution in [0, 0.1) is 20.2 Å². The first-order valence-corrected chi connectivity index (χ1v) is 38.8. The number of carbonyl (C=O) groups excluding carboxylic acids is 2. The highest BCUT2D eigenvalue weighted by Crippen LogP contribution is 2.49. The summed E-state index contributed by atoms with van der Waals surface area (Å²) in [6.45, 7) is 0.407. The van der Waals surface area contributed by atoms with Gasteiger partial charge in [-0.2, -0.15) is 13.2 Å². The highest BCUT2D eigenvalue weighted by molar-refractivity contribution is 9.11. The molecule has 1 fully saturated rings. The van der Waals surface area contributed by atoms with Crippen LogP contribution in [0.3, 0.4) is 0 Å². The number of nitrogens with two attached hydrogens (primary N) is 1. The minimum atomic E-state index is -4.91. The zero-order valence-electron chi connectivity index (χ0n) is 58.5. The van der Waals surface area contributed by atoms with Crippen molar-refractivity contribution in [1.82, 2.24) is 5.32 Å². The average Bonchev–Trinajstić information content (AvgIpc) is 1.09. The number of nitrogens with one attached hydrogen (secondary N) is 2. The van der Waals surface area contributed by atoms with Gasteiger partial charge in [0.25, 0.3) is 12.2 Å². The van der Waals surface area contributed by atoms with E-state index in [1.54, 1.807) is 91.0 Å². The summed E-state index contributed by atoms with van der Waals surface area (Å²) in [5.41, 5.74) is 10.4. The lowest BCUT2D eigenvalue weighted by atomic mass is 9.89. The lowest BCUT2D eigenvalue weighted by Crippen LogP contribution is -2.52. The molecule has 0 unspecified atom stereocenters. The fourth-order valence-electron chi connectivity index (χ4n) is 10.4. The maximum absolute atomic E-state index is 12.8. The summed E-state index contributed by atoms with van der Waals surface area (Å²) in [6.07, 6.45) is -1.34. The van der Waals surface area contributed by atoms with Crippen LogP contribution in [0.2, 0.25) is 0 Å². The molecule has 1 saturated heterocycles. The van der Waals surface area contributed by atoms with Gasteiger partial charge < -0.3 is 55.2 Å². The molecule has 6 N–H and O–H groups in total. The number of hydrogen-bond donors (Lipinski definition) is 5. The van der Waals surface area contributed by atoms with Gasteiger partial charge in [0.05, 0.1) is 43.5 Å². The maximum Gasteiger partial charge on any atom is 0.471 e. The third-order valence-corrected chi connectivity index (χ3v) is 18.9. The number of nitrogen functional groups attached to an aromatic ring is 1. The number of phenolic OH excluding ortho intramolecular Hbond substituents is 1. The Morgan fingerprint density at radius 2 is 0.991 bits per heavy atom. The topological polar surface area (TPSA) is 290 Å². The molecule has 3 aliphatic rings. The van der Waals surface area contributed by atoms with Crippen LogP contribution in [0.25, 0.3) is 0 Å². The van der Waals surface area contributed by atoms with E-state index < -0.39 is 34.0 Å². The van der Waals surface area contributed by atoms with Crippen molar-refractivity contribution in [2.24, 2.45) is 4.99 Å². The van der Waals surface area contributed by atoms with E-state index in [1.807, 2.05) is 187 Å². The third kappa shape index (κ3) is 27.7. The van der Waals surface area contributed by atoms with Crippen molar-refractivity contribution in [3.63, 3.8) is 0 Å². The first-order valence-electron chi connectivity index (χ1n) is 33.2. The molecule has 2 atom stereocenters. The van der Waals surface area contributed by atoms with Crippen molar-refractivity contribution in [3.05, 3.63) is 342 Å². The zero-order chi connectivity index (χ0) is 81.4. The number of rotatable bonds is 11. The summed E-state index contributed by atoms with van der Waals surface area (Å²) in [7, 11) is 0. The fourth-order valence-corrected chi connectivity index (χ4v) is 12.9. The summed E-state index contributed by atoms with van der Waals surface area (Å²) < 4.78 is 72.7. The van der Waals surface area contributed by atoms with Crippen LogP contribution in [-0.2, 0) is 14.4 Å². The number of ether oxygens (including phenoxy) is 5. The fraction of sp³-hybridized carbons (Fsp3) is 0.0732. The van der Waals surface area contributed by atoms with Crippen LogP contribution in [0.4, 0.5) is 47.3 Å². The van der Waals surface area contributed by atoms with Gasteiger partial charge in [0.15, 0.2) is 17.2 Å². The molecule has 2 amide bonds. The number of fused-ring (bicyclic) bond motifs is 7. The minimum absolute atomic E-state index is 0.0665. The molecule has 3 aliphatic heterocycles. The number of nitro benzene ring substituents is 2. The number of benzene rings is 12.